The summed E-state index contributed by atoms with van der Waals surface area (Å²) < 4.78 is 40.0. The first-order chi connectivity index (χ1) is 9.76. The fraction of sp³-hybridized carbons (Fsp3) is 0.250. The van der Waals surface area contributed by atoms with Crippen LogP contribution in [0.4, 0.5) is 13.2 Å². The van der Waals surface area contributed by atoms with Crippen LogP contribution in [0.25, 0.3) is 0 Å². The molecule has 0 spiro atoms. The first kappa shape index (κ1) is 15.4. The average Bonchev–Trinajstić information content (AvgIpc) is 2.40. The molecule has 0 aromatic heterocycles. The molecule has 0 bridgehead atoms. The summed E-state index contributed by atoms with van der Waals surface area (Å²) in [6, 6.07) is 14.6. The Morgan fingerprint density at radius 2 is 1.52 bits per heavy atom. The van der Waals surface area contributed by atoms with Gasteiger partial charge in [0, 0.05) is 6.42 Å². The van der Waals surface area contributed by atoms with Gasteiger partial charge in [-0.1, -0.05) is 42.5 Å². The van der Waals surface area contributed by atoms with E-state index >= 15 is 0 Å². The third kappa shape index (κ3) is 4.49. The van der Waals surface area contributed by atoms with E-state index in [0.717, 1.165) is 11.1 Å². The number of hydrogen-bond donors (Lipinski definition) is 1. The second-order valence-corrected chi connectivity index (χ2v) is 5.01. The van der Waals surface area contributed by atoms with Crippen molar-refractivity contribution >= 4 is 0 Å². The van der Waals surface area contributed by atoms with Gasteiger partial charge in [0.15, 0.2) is 0 Å². The van der Waals surface area contributed by atoms with Gasteiger partial charge in [-0.25, -0.2) is 0 Å². The molecule has 1 unspecified atom stereocenters. The first-order valence-corrected chi connectivity index (χ1v) is 6.39. The van der Waals surface area contributed by atoms with E-state index in [0.29, 0.717) is 6.42 Å². The van der Waals surface area contributed by atoms with Crippen molar-refractivity contribution in [2.75, 3.05) is 0 Å². The smallest absolute Gasteiger partial charge is 0.406 e. The van der Waals surface area contributed by atoms with Crippen molar-refractivity contribution in [1.29, 1.82) is 0 Å². The molecule has 0 saturated carbocycles. The van der Waals surface area contributed by atoms with E-state index in [1.165, 1.54) is 24.3 Å². The highest BCUT2D eigenvalue weighted by Gasteiger charge is 2.31. The molecule has 1 atom stereocenters. The van der Waals surface area contributed by atoms with Crippen molar-refractivity contribution in [2.45, 2.75) is 25.3 Å². The number of aliphatic hydroxyl groups is 1. The topological polar surface area (TPSA) is 29.5 Å². The first-order valence-electron chi connectivity index (χ1n) is 6.39. The van der Waals surface area contributed by atoms with Crippen LogP contribution in [0.3, 0.4) is 0 Å². The molecule has 0 aliphatic heterocycles. The second kappa shape index (κ2) is 5.77. The zero-order valence-electron chi connectivity index (χ0n) is 11.4. The van der Waals surface area contributed by atoms with Gasteiger partial charge in [-0.3, -0.25) is 0 Å². The largest absolute Gasteiger partial charge is 0.573 e. The Labute approximate surface area is 120 Å². The Morgan fingerprint density at radius 1 is 0.952 bits per heavy atom. The van der Waals surface area contributed by atoms with Gasteiger partial charge in [0.2, 0.25) is 0 Å². The second-order valence-electron chi connectivity index (χ2n) is 5.01. The van der Waals surface area contributed by atoms with Crippen LogP contribution in [-0.4, -0.2) is 11.5 Å². The third-order valence-corrected chi connectivity index (χ3v) is 3.10. The van der Waals surface area contributed by atoms with Crippen LogP contribution in [-0.2, 0) is 12.0 Å². The molecule has 0 radical (unpaired) electrons. The molecule has 21 heavy (non-hydrogen) atoms. The molecule has 0 amide bonds. The number of halogens is 3. The Balaban J connectivity index is 2.10. The van der Waals surface area contributed by atoms with E-state index < -0.39 is 12.0 Å². The lowest BCUT2D eigenvalue weighted by atomic mass is 9.89. The molecular weight excluding hydrogens is 281 g/mol. The summed E-state index contributed by atoms with van der Waals surface area (Å²) in [5, 5.41) is 10.5. The maximum atomic E-state index is 12.1. The summed E-state index contributed by atoms with van der Waals surface area (Å²) in [6.45, 7) is 1.67. The molecule has 0 aliphatic carbocycles. The van der Waals surface area contributed by atoms with Crippen molar-refractivity contribution in [2.24, 2.45) is 0 Å². The highest BCUT2D eigenvalue weighted by molar-refractivity contribution is 5.30. The Morgan fingerprint density at radius 3 is 2.05 bits per heavy atom. The summed E-state index contributed by atoms with van der Waals surface area (Å²) in [7, 11) is 0. The lowest BCUT2D eigenvalue weighted by molar-refractivity contribution is -0.274. The molecule has 0 saturated heterocycles. The van der Waals surface area contributed by atoms with Crippen molar-refractivity contribution in [1.82, 2.24) is 0 Å². The minimum atomic E-state index is -4.70. The van der Waals surface area contributed by atoms with Crippen LogP contribution < -0.4 is 4.74 Å². The van der Waals surface area contributed by atoms with E-state index in [1.54, 1.807) is 19.1 Å². The molecule has 112 valence electrons. The van der Waals surface area contributed by atoms with Gasteiger partial charge < -0.3 is 9.84 Å². The predicted molar refractivity (Wildman–Crippen MR) is 72.8 cm³/mol. The highest BCUT2D eigenvalue weighted by atomic mass is 19.4. The van der Waals surface area contributed by atoms with Crippen molar-refractivity contribution < 1.29 is 23.0 Å². The molecular formula is C16H15F3O2. The monoisotopic (exact) mass is 296 g/mol. The molecule has 0 heterocycles. The standard InChI is InChI=1S/C16H15F3O2/c1-15(20,13-5-3-2-4-6-13)11-12-7-9-14(10-8-12)21-16(17,18)19/h2-10,20H,11H2,1H3. The molecule has 1 N–H and O–H groups in total. The zero-order chi connectivity index (χ0) is 15.5. The molecule has 2 aromatic carbocycles. The van der Waals surface area contributed by atoms with E-state index in [9.17, 15) is 18.3 Å². The van der Waals surface area contributed by atoms with Gasteiger partial charge in [-0.05, 0) is 30.2 Å². The fourth-order valence-electron chi connectivity index (χ4n) is 2.11. The summed E-state index contributed by atoms with van der Waals surface area (Å²) in [5.41, 5.74) is 0.382. The lowest BCUT2D eigenvalue weighted by Gasteiger charge is -2.24. The van der Waals surface area contributed by atoms with E-state index in [-0.39, 0.29) is 5.75 Å². The van der Waals surface area contributed by atoms with Crippen LogP contribution >= 0.6 is 0 Å². The van der Waals surface area contributed by atoms with Gasteiger partial charge in [0.1, 0.15) is 5.75 Å². The van der Waals surface area contributed by atoms with Crippen LogP contribution in [0.1, 0.15) is 18.1 Å². The van der Waals surface area contributed by atoms with Crippen LogP contribution in [0.5, 0.6) is 5.75 Å². The Kier molecular flexibility index (Phi) is 4.23. The van der Waals surface area contributed by atoms with Gasteiger partial charge in [0.05, 0.1) is 5.60 Å². The number of alkyl halides is 3. The predicted octanol–water partition coefficient (Wildman–Crippen LogP) is 4.04. The normalized spacial score (nSPS) is 14.5. The fourth-order valence-corrected chi connectivity index (χ4v) is 2.11. The SMILES string of the molecule is CC(O)(Cc1ccc(OC(F)(F)F)cc1)c1ccccc1. The Bertz CT molecular complexity index is 575. The number of benzene rings is 2. The minimum Gasteiger partial charge on any atom is -0.406 e. The quantitative estimate of drug-likeness (QED) is 0.923. The van der Waals surface area contributed by atoms with Crippen molar-refractivity contribution in [3.8, 4) is 5.75 Å². The summed E-state index contributed by atoms with van der Waals surface area (Å²) in [5.74, 6) is -0.273. The molecule has 2 nitrogen and oxygen atoms in total. The van der Waals surface area contributed by atoms with E-state index in [4.69, 9.17) is 0 Å². The van der Waals surface area contributed by atoms with Gasteiger partial charge in [-0.2, -0.15) is 0 Å². The van der Waals surface area contributed by atoms with Gasteiger partial charge >= 0.3 is 6.36 Å². The van der Waals surface area contributed by atoms with Crippen LogP contribution in [0.2, 0.25) is 0 Å². The summed E-state index contributed by atoms with van der Waals surface area (Å²) >= 11 is 0. The average molecular weight is 296 g/mol. The summed E-state index contributed by atoms with van der Waals surface area (Å²) in [6.07, 6.45) is -4.40. The third-order valence-electron chi connectivity index (χ3n) is 3.10. The maximum Gasteiger partial charge on any atom is 0.573 e. The molecule has 5 heteroatoms. The van der Waals surface area contributed by atoms with Crippen molar-refractivity contribution in [3.63, 3.8) is 0 Å². The van der Waals surface area contributed by atoms with Gasteiger partial charge in [0.25, 0.3) is 0 Å². The van der Waals surface area contributed by atoms with Crippen LogP contribution in [0, 0.1) is 0 Å². The van der Waals surface area contributed by atoms with E-state index in [1.807, 2.05) is 18.2 Å². The Hall–Kier alpha value is -2.01. The molecule has 2 aromatic rings. The number of ether oxygens (including phenoxy) is 1. The summed E-state index contributed by atoms with van der Waals surface area (Å²) in [4.78, 5) is 0. The molecule has 2 rings (SSSR count). The maximum absolute atomic E-state index is 12.1. The number of hydrogen-bond acceptors (Lipinski definition) is 2. The van der Waals surface area contributed by atoms with Crippen LogP contribution in [0.15, 0.2) is 54.6 Å². The zero-order valence-corrected chi connectivity index (χ0v) is 11.4. The molecule has 0 aliphatic rings. The van der Waals surface area contributed by atoms with Gasteiger partial charge in [-0.15, -0.1) is 13.2 Å². The highest BCUT2D eigenvalue weighted by Crippen LogP contribution is 2.27. The lowest BCUT2D eigenvalue weighted by Crippen LogP contribution is -2.24. The number of rotatable bonds is 4. The minimum absolute atomic E-state index is 0.273. The molecule has 0 fully saturated rings. The van der Waals surface area contributed by atoms with Crippen molar-refractivity contribution in [3.05, 3.63) is 65.7 Å². The van der Waals surface area contributed by atoms with E-state index in [2.05, 4.69) is 4.74 Å².